The highest BCUT2D eigenvalue weighted by Crippen LogP contribution is 2.14. The molecule has 4 nitrogen and oxygen atoms in total. The molecule has 0 saturated heterocycles. The largest absolute Gasteiger partial charge is 0.322 e. The average molecular weight is 332 g/mol. The van der Waals surface area contributed by atoms with E-state index in [0.717, 1.165) is 22.5 Å². The molecule has 0 spiro atoms. The molecule has 0 fully saturated rings. The zero-order valence-corrected chi connectivity index (χ0v) is 14.5. The van der Waals surface area contributed by atoms with Crippen molar-refractivity contribution in [2.45, 2.75) is 20.8 Å². The van der Waals surface area contributed by atoms with Crippen LogP contribution in [0.5, 0.6) is 0 Å². The van der Waals surface area contributed by atoms with E-state index in [1.807, 2.05) is 73.9 Å². The Balaban J connectivity index is 1.97. The summed E-state index contributed by atoms with van der Waals surface area (Å²) in [5.41, 5.74) is 4.44. The van der Waals surface area contributed by atoms with Crippen LogP contribution in [0.25, 0.3) is 5.69 Å². The van der Waals surface area contributed by atoms with Gasteiger partial charge in [0.1, 0.15) is 5.56 Å². The van der Waals surface area contributed by atoms with Gasteiger partial charge in [0, 0.05) is 29.3 Å². The number of pyridine rings is 1. The van der Waals surface area contributed by atoms with E-state index < -0.39 is 5.91 Å². The summed E-state index contributed by atoms with van der Waals surface area (Å²) in [6.45, 7) is 5.84. The summed E-state index contributed by atoms with van der Waals surface area (Å²) in [5, 5.41) is 2.78. The van der Waals surface area contributed by atoms with Gasteiger partial charge < -0.3 is 9.88 Å². The van der Waals surface area contributed by atoms with Gasteiger partial charge in [-0.15, -0.1) is 0 Å². The lowest BCUT2D eigenvalue weighted by Crippen LogP contribution is -2.23. The highest BCUT2D eigenvalue weighted by Gasteiger charge is 2.13. The Morgan fingerprint density at radius 3 is 2.04 bits per heavy atom. The van der Waals surface area contributed by atoms with Gasteiger partial charge in [0.15, 0.2) is 5.43 Å². The fourth-order valence-electron chi connectivity index (χ4n) is 2.62. The van der Waals surface area contributed by atoms with Crippen LogP contribution in [0.2, 0.25) is 0 Å². The number of aryl methyl sites for hydroxylation is 3. The Labute approximate surface area is 146 Å². The molecule has 0 radical (unpaired) electrons. The fraction of sp³-hybridized carbons (Fsp3) is 0.143. The van der Waals surface area contributed by atoms with Gasteiger partial charge in [-0.2, -0.15) is 0 Å². The first kappa shape index (κ1) is 16.7. The van der Waals surface area contributed by atoms with Gasteiger partial charge in [0.2, 0.25) is 0 Å². The van der Waals surface area contributed by atoms with Crippen molar-refractivity contribution in [2.24, 2.45) is 0 Å². The number of benzene rings is 2. The monoisotopic (exact) mass is 332 g/mol. The molecule has 1 N–H and O–H groups in total. The maximum Gasteiger partial charge on any atom is 0.261 e. The van der Waals surface area contributed by atoms with Crippen LogP contribution in [0.3, 0.4) is 0 Å². The molecule has 126 valence electrons. The van der Waals surface area contributed by atoms with Crippen LogP contribution in [0.1, 0.15) is 27.2 Å². The van der Waals surface area contributed by atoms with E-state index in [0.29, 0.717) is 5.69 Å². The van der Waals surface area contributed by atoms with Gasteiger partial charge in [-0.05, 0) is 45.0 Å². The number of nitrogens with zero attached hydrogens (tertiary/aromatic N) is 1. The first-order valence-electron chi connectivity index (χ1n) is 8.12. The van der Waals surface area contributed by atoms with E-state index in [1.165, 1.54) is 6.07 Å². The normalized spacial score (nSPS) is 10.5. The van der Waals surface area contributed by atoms with Crippen LogP contribution in [0.15, 0.2) is 65.6 Å². The predicted molar refractivity (Wildman–Crippen MR) is 101 cm³/mol. The van der Waals surface area contributed by atoms with Crippen molar-refractivity contribution in [1.82, 2.24) is 4.57 Å². The minimum Gasteiger partial charge on any atom is -0.322 e. The van der Waals surface area contributed by atoms with Crippen LogP contribution in [0, 0.1) is 20.8 Å². The summed E-state index contributed by atoms with van der Waals surface area (Å²) in [6.07, 6.45) is 1.60. The molecule has 1 amide bonds. The second-order valence-electron chi connectivity index (χ2n) is 6.22. The van der Waals surface area contributed by atoms with E-state index in [-0.39, 0.29) is 11.0 Å². The quantitative estimate of drug-likeness (QED) is 0.788. The molecule has 0 saturated carbocycles. The Kier molecular flexibility index (Phi) is 4.52. The highest BCUT2D eigenvalue weighted by atomic mass is 16.2. The first-order chi connectivity index (χ1) is 11.9. The minimum absolute atomic E-state index is 0.117. The predicted octanol–water partition coefficient (Wildman–Crippen LogP) is 4.02. The number of rotatable bonds is 3. The Morgan fingerprint density at radius 1 is 0.880 bits per heavy atom. The second-order valence-corrected chi connectivity index (χ2v) is 6.22. The maximum atomic E-state index is 12.5. The third kappa shape index (κ3) is 3.69. The molecule has 1 heterocycles. The molecule has 3 aromatic rings. The van der Waals surface area contributed by atoms with E-state index in [9.17, 15) is 9.59 Å². The number of nitrogens with one attached hydrogen (secondary N) is 1. The molecule has 2 aromatic carbocycles. The van der Waals surface area contributed by atoms with E-state index in [4.69, 9.17) is 0 Å². The number of amides is 1. The molecule has 0 aliphatic carbocycles. The zero-order valence-electron chi connectivity index (χ0n) is 14.5. The van der Waals surface area contributed by atoms with Crippen molar-refractivity contribution >= 4 is 11.6 Å². The van der Waals surface area contributed by atoms with Gasteiger partial charge in [0.05, 0.1) is 0 Å². The lowest BCUT2D eigenvalue weighted by Gasteiger charge is -2.13. The third-order valence-electron chi connectivity index (χ3n) is 4.11. The lowest BCUT2D eigenvalue weighted by atomic mass is 10.1. The number of carbonyl (C=O) groups excluding carboxylic acids is 1. The summed E-state index contributed by atoms with van der Waals surface area (Å²) in [4.78, 5) is 24.8. The van der Waals surface area contributed by atoms with Gasteiger partial charge in [0.25, 0.3) is 5.91 Å². The molecule has 25 heavy (non-hydrogen) atoms. The standard InChI is InChI=1S/C21H20N2O2/c1-14-4-8-17(9-5-14)22-21(25)19-13-23(16(3)12-20(19)24)18-10-6-15(2)7-11-18/h4-13H,1-3H3,(H,22,25). The van der Waals surface area contributed by atoms with Crippen molar-refractivity contribution in [3.05, 3.63) is 93.4 Å². The van der Waals surface area contributed by atoms with Gasteiger partial charge in [-0.3, -0.25) is 9.59 Å². The maximum absolute atomic E-state index is 12.5. The highest BCUT2D eigenvalue weighted by molar-refractivity contribution is 6.04. The summed E-state index contributed by atoms with van der Waals surface area (Å²) in [7, 11) is 0. The molecular formula is C21H20N2O2. The van der Waals surface area contributed by atoms with E-state index in [1.54, 1.807) is 6.20 Å². The number of carbonyl (C=O) groups is 1. The summed E-state index contributed by atoms with van der Waals surface area (Å²) in [5.74, 6) is -0.408. The molecule has 4 heteroatoms. The molecule has 0 bridgehead atoms. The molecule has 1 aromatic heterocycles. The van der Waals surface area contributed by atoms with Crippen LogP contribution in [0.4, 0.5) is 5.69 Å². The number of anilines is 1. The number of hydrogen-bond acceptors (Lipinski definition) is 2. The summed E-state index contributed by atoms with van der Waals surface area (Å²) >= 11 is 0. The fourth-order valence-corrected chi connectivity index (χ4v) is 2.62. The van der Waals surface area contributed by atoms with Gasteiger partial charge >= 0.3 is 0 Å². The molecule has 0 atom stereocenters. The molecular weight excluding hydrogens is 312 g/mol. The van der Waals surface area contributed by atoms with Crippen molar-refractivity contribution in [1.29, 1.82) is 0 Å². The van der Waals surface area contributed by atoms with Crippen LogP contribution in [-0.4, -0.2) is 10.5 Å². The summed E-state index contributed by atoms with van der Waals surface area (Å²) in [6, 6.07) is 16.9. The van der Waals surface area contributed by atoms with Crippen molar-refractivity contribution in [3.63, 3.8) is 0 Å². The SMILES string of the molecule is Cc1ccc(NC(=O)c2cn(-c3ccc(C)cc3)c(C)cc2=O)cc1. The molecule has 0 aliphatic heterocycles. The van der Waals surface area contributed by atoms with E-state index >= 15 is 0 Å². The Bertz CT molecular complexity index is 968. The van der Waals surface area contributed by atoms with Crippen molar-refractivity contribution in [3.8, 4) is 5.69 Å². The van der Waals surface area contributed by atoms with Gasteiger partial charge in [-0.25, -0.2) is 0 Å². The zero-order chi connectivity index (χ0) is 18.0. The number of aromatic nitrogens is 1. The average Bonchev–Trinajstić information content (AvgIpc) is 2.58. The Hall–Kier alpha value is -3.14. The number of hydrogen-bond donors (Lipinski definition) is 1. The van der Waals surface area contributed by atoms with Crippen molar-refractivity contribution < 1.29 is 4.79 Å². The Morgan fingerprint density at radius 2 is 1.44 bits per heavy atom. The molecule has 0 aliphatic rings. The molecule has 3 rings (SSSR count). The van der Waals surface area contributed by atoms with Crippen LogP contribution >= 0.6 is 0 Å². The topological polar surface area (TPSA) is 51.1 Å². The smallest absolute Gasteiger partial charge is 0.261 e. The van der Waals surface area contributed by atoms with E-state index in [2.05, 4.69) is 5.32 Å². The lowest BCUT2D eigenvalue weighted by molar-refractivity contribution is 0.102. The minimum atomic E-state index is -0.408. The van der Waals surface area contributed by atoms with Gasteiger partial charge in [-0.1, -0.05) is 35.4 Å². The van der Waals surface area contributed by atoms with Crippen LogP contribution < -0.4 is 10.7 Å². The first-order valence-corrected chi connectivity index (χ1v) is 8.12. The summed E-state index contributed by atoms with van der Waals surface area (Å²) < 4.78 is 1.85. The third-order valence-corrected chi connectivity index (χ3v) is 4.11. The second kappa shape index (κ2) is 6.77. The molecule has 0 unspecified atom stereocenters. The van der Waals surface area contributed by atoms with Crippen molar-refractivity contribution in [2.75, 3.05) is 5.32 Å². The van der Waals surface area contributed by atoms with Crippen LogP contribution in [-0.2, 0) is 0 Å².